The highest BCUT2D eigenvalue weighted by molar-refractivity contribution is 5.92. The van der Waals surface area contributed by atoms with Gasteiger partial charge in [0, 0.05) is 32.8 Å². The second kappa shape index (κ2) is 7.38. The lowest BCUT2D eigenvalue weighted by Crippen LogP contribution is -2.42. The van der Waals surface area contributed by atoms with Crippen LogP contribution in [0.5, 0.6) is 0 Å². The molecule has 0 aromatic carbocycles. The zero-order chi connectivity index (χ0) is 16.1. The smallest absolute Gasteiger partial charge is 0.269 e. The van der Waals surface area contributed by atoms with Crippen LogP contribution in [-0.2, 0) is 4.79 Å². The van der Waals surface area contributed by atoms with Gasteiger partial charge in [0.05, 0.1) is 0 Å². The third-order valence-electron chi connectivity index (χ3n) is 4.20. The molecule has 22 heavy (non-hydrogen) atoms. The first-order valence-corrected chi connectivity index (χ1v) is 7.97. The molecule has 0 aliphatic carbocycles. The van der Waals surface area contributed by atoms with Crippen molar-refractivity contribution in [2.75, 3.05) is 19.6 Å². The van der Waals surface area contributed by atoms with E-state index in [1.807, 2.05) is 11.0 Å². The molecule has 2 heterocycles. The van der Waals surface area contributed by atoms with Gasteiger partial charge in [-0.25, -0.2) is 0 Å². The van der Waals surface area contributed by atoms with Crippen molar-refractivity contribution in [2.45, 2.75) is 39.5 Å². The molecule has 1 atom stereocenters. The molecule has 120 valence electrons. The van der Waals surface area contributed by atoms with Crippen LogP contribution in [0.1, 0.15) is 55.6 Å². The summed E-state index contributed by atoms with van der Waals surface area (Å²) >= 11 is 0. The fourth-order valence-electron chi connectivity index (χ4n) is 2.73. The van der Waals surface area contributed by atoms with Gasteiger partial charge < -0.3 is 10.2 Å². The summed E-state index contributed by atoms with van der Waals surface area (Å²) < 4.78 is 0. The van der Waals surface area contributed by atoms with Crippen LogP contribution in [0.2, 0.25) is 0 Å². The molecule has 1 unspecified atom stereocenters. The summed E-state index contributed by atoms with van der Waals surface area (Å²) in [5, 5.41) is 2.94. The number of hydrogen-bond donors (Lipinski definition) is 1. The minimum Gasteiger partial charge on any atom is -0.350 e. The predicted molar refractivity (Wildman–Crippen MR) is 85.6 cm³/mol. The van der Waals surface area contributed by atoms with Crippen molar-refractivity contribution in [3.63, 3.8) is 0 Å². The number of carbonyl (C=O) groups is 2. The van der Waals surface area contributed by atoms with Crippen LogP contribution in [0.15, 0.2) is 18.3 Å². The van der Waals surface area contributed by atoms with Crippen molar-refractivity contribution in [1.82, 2.24) is 15.2 Å². The normalized spacial score (nSPS) is 18.4. The average molecular weight is 303 g/mol. The second-order valence-electron chi connectivity index (χ2n) is 6.31. The van der Waals surface area contributed by atoms with Gasteiger partial charge in [0.15, 0.2) is 0 Å². The number of amides is 2. The van der Waals surface area contributed by atoms with Crippen LogP contribution >= 0.6 is 0 Å². The van der Waals surface area contributed by atoms with Gasteiger partial charge >= 0.3 is 0 Å². The van der Waals surface area contributed by atoms with Crippen molar-refractivity contribution < 1.29 is 9.59 Å². The third kappa shape index (κ3) is 4.29. The van der Waals surface area contributed by atoms with Crippen LogP contribution in [-0.4, -0.2) is 41.3 Å². The van der Waals surface area contributed by atoms with Gasteiger partial charge in [-0.3, -0.25) is 14.6 Å². The zero-order valence-corrected chi connectivity index (χ0v) is 13.6. The molecule has 1 aliphatic rings. The van der Waals surface area contributed by atoms with E-state index in [1.54, 1.807) is 19.2 Å². The Hall–Kier alpha value is -1.91. The van der Waals surface area contributed by atoms with E-state index < -0.39 is 0 Å². The number of nitrogens with zero attached hydrogens (tertiary/aromatic N) is 2. The molecule has 5 nitrogen and oxygen atoms in total. The van der Waals surface area contributed by atoms with Gasteiger partial charge in [-0.2, -0.15) is 0 Å². The maximum absolute atomic E-state index is 12.1. The summed E-state index contributed by atoms with van der Waals surface area (Å²) in [6, 6.07) is 3.72. The quantitative estimate of drug-likeness (QED) is 0.927. The van der Waals surface area contributed by atoms with Gasteiger partial charge in [-0.1, -0.05) is 19.9 Å². The van der Waals surface area contributed by atoms with Gasteiger partial charge in [0.1, 0.15) is 5.69 Å². The number of hydrogen-bond acceptors (Lipinski definition) is 3. The summed E-state index contributed by atoms with van der Waals surface area (Å²) in [5.74, 6) is 0.707. The standard InChI is InChI=1S/C17H25N3O2/c1-12(2)15-6-7-16(18-10-15)17(22)19-9-14-5-4-8-20(11-14)13(3)21/h6-7,10,12,14H,4-5,8-9,11H2,1-3H3,(H,19,22). The van der Waals surface area contributed by atoms with Crippen LogP contribution in [0.25, 0.3) is 0 Å². The van der Waals surface area contributed by atoms with Crippen molar-refractivity contribution in [1.29, 1.82) is 0 Å². The average Bonchev–Trinajstić information content (AvgIpc) is 2.53. The molecule has 0 radical (unpaired) electrons. The summed E-state index contributed by atoms with van der Waals surface area (Å²) in [5.41, 5.74) is 1.57. The Kier molecular flexibility index (Phi) is 5.52. The lowest BCUT2D eigenvalue weighted by atomic mass is 9.98. The Morgan fingerprint density at radius 1 is 1.41 bits per heavy atom. The summed E-state index contributed by atoms with van der Waals surface area (Å²) in [6.45, 7) is 7.95. The van der Waals surface area contributed by atoms with Gasteiger partial charge in [0.25, 0.3) is 5.91 Å². The molecule has 1 aromatic rings. The molecule has 2 rings (SSSR count). The van der Waals surface area contributed by atoms with E-state index in [-0.39, 0.29) is 11.8 Å². The number of carbonyl (C=O) groups excluding carboxylic acids is 2. The number of likely N-dealkylation sites (tertiary alicyclic amines) is 1. The van der Waals surface area contributed by atoms with Crippen LogP contribution in [0.3, 0.4) is 0 Å². The highest BCUT2D eigenvalue weighted by Crippen LogP contribution is 2.16. The van der Waals surface area contributed by atoms with E-state index in [0.717, 1.165) is 31.5 Å². The van der Waals surface area contributed by atoms with E-state index in [2.05, 4.69) is 24.1 Å². The van der Waals surface area contributed by atoms with Crippen molar-refractivity contribution in [3.8, 4) is 0 Å². The summed E-state index contributed by atoms with van der Waals surface area (Å²) in [4.78, 5) is 29.6. The van der Waals surface area contributed by atoms with Gasteiger partial charge in [-0.05, 0) is 36.3 Å². The molecular formula is C17H25N3O2. The Morgan fingerprint density at radius 3 is 2.77 bits per heavy atom. The Balaban J connectivity index is 1.85. The van der Waals surface area contributed by atoms with Crippen molar-refractivity contribution in [2.24, 2.45) is 5.92 Å². The van der Waals surface area contributed by atoms with Crippen LogP contribution in [0.4, 0.5) is 0 Å². The number of pyridine rings is 1. The third-order valence-corrected chi connectivity index (χ3v) is 4.20. The van der Waals surface area contributed by atoms with Gasteiger partial charge in [-0.15, -0.1) is 0 Å². The first kappa shape index (κ1) is 16.5. The molecule has 1 aromatic heterocycles. The topological polar surface area (TPSA) is 62.3 Å². The van der Waals surface area contributed by atoms with E-state index in [9.17, 15) is 9.59 Å². The lowest BCUT2D eigenvalue weighted by Gasteiger charge is -2.32. The second-order valence-corrected chi connectivity index (χ2v) is 6.31. The highest BCUT2D eigenvalue weighted by atomic mass is 16.2. The van der Waals surface area contributed by atoms with Crippen molar-refractivity contribution >= 4 is 11.8 Å². The molecule has 2 amide bonds. The summed E-state index contributed by atoms with van der Waals surface area (Å²) in [7, 11) is 0. The Labute approximate surface area is 132 Å². The zero-order valence-electron chi connectivity index (χ0n) is 13.6. The number of piperidine rings is 1. The number of rotatable bonds is 4. The van der Waals surface area contributed by atoms with Crippen molar-refractivity contribution in [3.05, 3.63) is 29.6 Å². The number of aromatic nitrogens is 1. The molecule has 1 N–H and O–H groups in total. The fourth-order valence-corrected chi connectivity index (χ4v) is 2.73. The monoisotopic (exact) mass is 303 g/mol. The molecule has 1 fully saturated rings. The van der Waals surface area contributed by atoms with Gasteiger partial charge in [0.2, 0.25) is 5.91 Å². The van der Waals surface area contributed by atoms with E-state index in [4.69, 9.17) is 0 Å². The van der Waals surface area contributed by atoms with Crippen LogP contribution in [0, 0.1) is 5.92 Å². The first-order valence-electron chi connectivity index (χ1n) is 7.97. The number of nitrogens with one attached hydrogen (secondary N) is 1. The fraction of sp³-hybridized carbons (Fsp3) is 0.588. The minimum absolute atomic E-state index is 0.113. The van der Waals surface area contributed by atoms with E-state index in [0.29, 0.717) is 24.1 Å². The van der Waals surface area contributed by atoms with Crippen LogP contribution < -0.4 is 5.32 Å². The molecule has 0 saturated carbocycles. The molecule has 1 saturated heterocycles. The maximum Gasteiger partial charge on any atom is 0.269 e. The minimum atomic E-state index is -0.143. The molecule has 0 bridgehead atoms. The maximum atomic E-state index is 12.1. The summed E-state index contributed by atoms with van der Waals surface area (Å²) in [6.07, 6.45) is 3.81. The molecule has 5 heteroatoms. The highest BCUT2D eigenvalue weighted by Gasteiger charge is 2.22. The van der Waals surface area contributed by atoms with E-state index in [1.165, 1.54) is 0 Å². The molecular weight excluding hydrogens is 278 g/mol. The molecule has 1 aliphatic heterocycles. The molecule has 0 spiro atoms. The van der Waals surface area contributed by atoms with E-state index >= 15 is 0 Å². The predicted octanol–water partition coefficient (Wildman–Crippen LogP) is 2.19. The SMILES string of the molecule is CC(=O)N1CCCC(CNC(=O)c2ccc(C(C)C)cn2)C1. The Bertz CT molecular complexity index is 525. The Morgan fingerprint density at radius 2 is 2.18 bits per heavy atom. The lowest BCUT2D eigenvalue weighted by molar-refractivity contribution is -0.130. The largest absolute Gasteiger partial charge is 0.350 e. The first-order chi connectivity index (χ1) is 10.5.